The highest BCUT2D eigenvalue weighted by Crippen LogP contribution is 2.35. The molecule has 0 aromatic heterocycles. The Hall–Kier alpha value is -2.61. The Morgan fingerprint density at radius 2 is 1.90 bits per heavy atom. The van der Waals surface area contributed by atoms with E-state index in [-0.39, 0.29) is 36.9 Å². The maximum Gasteiger partial charge on any atom is 0.325 e. The summed E-state index contributed by atoms with van der Waals surface area (Å²) in [7, 11) is 5.53. The summed E-state index contributed by atoms with van der Waals surface area (Å²) in [5.74, 6) is 0.416. The van der Waals surface area contributed by atoms with Crippen LogP contribution in [-0.4, -0.2) is 67.5 Å². The SMILES string of the molecule is COc1ccc(C(CNC(=O)CCN2C(=O)NC3(CCCC3)C2=O)N(C)C)cc1. The first kappa shape index (κ1) is 21.1. The molecule has 1 aliphatic heterocycles. The molecule has 3 rings (SSSR count). The highest BCUT2D eigenvalue weighted by atomic mass is 16.5. The van der Waals surface area contributed by atoms with E-state index in [0.717, 1.165) is 24.2 Å². The molecule has 4 amide bonds. The average molecular weight is 402 g/mol. The monoisotopic (exact) mass is 402 g/mol. The molecule has 0 bridgehead atoms. The fraction of sp³-hybridized carbons (Fsp3) is 0.571. The number of rotatable bonds is 8. The van der Waals surface area contributed by atoms with Crippen molar-refractivity contribution in [2.75, 3.05) is 34.3 Å². The standard InChI is InChI=1S/C21H30N4O4/c1-24(2)17(15-6-8-16(29-3)9-7-15)14-22-18(26)10-13-25-19(27)21(23-20(25)28)11-4-5-12-21/h6-9,17H,4-5,10-14H2,1-3H3,(H,22,26)(H,23,28). The summed E-state index contributed by atoms with van der Waals surface area (Å²) in [5.41, 5.74) is 0.339. The average Bonchev–Trinajstić information content (AvgIpc) is 3.26. The van der Waals surface area contributed by atoms with Crippen LogP contribution < -0.4 is 15.4 Å². The zero-order chi connectivity index (χ0) is 21.0. The molecular formula is C21H30N4O4. The Bertz CT molecular complexity index is 756. The Morgan fingerprint density at radius 3 is 2.48 bits per heavy atom. The number of carbonyl (C=O) groups is 3. The third-order valence-electron chi connectivity index (χ3n) is 5.88. The number of likely N-dealkylation sites (N-methyl/N-ethyl adjacent to an activating group) is 1. The van der Waals surface area contributed by atoms with E-state index in [2.05, 4.69) is 10.6 Å². The molecule has 1 spiro atoms. The van der Waals surface area contributed by atoms with Gasteiger partial charge in [-0.3, -0.25) is 14.5 Å². The van der Waals surface area contributed by atoms with E-state index in [1.165, 1.54) is 4.90 Å². The number of carbonyl (C=O) groups excluding carboxylic acids is 3. The number of benzene rings is 1. The number of imide groups is 1. The molecule has 0 radical (unpaired) electrons. The maximum atomic E-state index is 12.6. The largest absolute Gasteiger partial charge is 0.497 e. The van der Waals surface area contributed by atoms with Crippen molar-refractivity contribution in [3.05, 3.63) is 29.8 Å². The van der Waals surface area contributed by atoms with Gasteiger partial charge in [0.25, 0.3) is 5.91 Å². The lowest BCUT2D eigenvalue weighted by molar-refractivity contribution is -0.131. The van der Waals surface area contributed by atoms with Gasteiger partial charge in [0.15, 0.2) is 0 Å². The molecule has 1 aromatic rings. The predicted molar refractivity (Wildman–Crippen MR) is 108 cm³/mol. The highest BCUT2D eigenvalue weighted by molar-refractivity contribution is 6.07. The molecule has 2 fully saturated rings. The zero-order valence-electron chi connectivity index (χ0n) is 17.4. The highest BCUT2D eigenvalue weighted by Gasteiger charge is 2.52. The van der Waals surface area contributed by atoms with Gasteiger partial charge in [-0.1, -0.05) is 25.0 Å². The van der Waals surface area contributed by atoms with Gasteiger partial charge in [-0.25, -0.2) is 4.79 Å². The fourth-order valence-electron chi connectivity index (χ4n) is 4.13. The topological polar surface area (TPSA) is 91.0 Å². The molecule has 8 heteroatoms. The van der Waals surface area contributed by atoms with Gasteiger partial charge in [-0.2, -0.15) is 0 Å². The second kappa shape index (κ2) is 8.82. The zero-order valence-corrected chi connectivity index (χ0v) is 17.4. The number of ether oxygens (including phenoxy) is 1. The Labute approximate surface area is 171 Å². The number of methoxy groups -OCH3 is 1. The number of hydrogen-bond donors (Lipinski definition) is 2. The summed E-state index contributed by atoms with van der Waals surface area (Å²) < 4.78 is 5.19. The van der Waals surface area contributed by atoms with Gasteiger partial charge in [0.05, 0.1) is 13.2 Å². The summed E-state index contributed by atoms with van der Waals surface area (Å²) in [6, 6.07) is 7.36. The van der Waals surface area contributed by atoms with E-state index in [9.17, 15) is 14.4 Å². The lowest BCUT2D eigenvalue weighted by Crippen LogP contribution is -2.44. The van der Waals surface area contributed by atoms with E-state index < -0.39 is 5.54 Å². The van der Waals surface area contributed by atoms with Gasteiger partial charge >= 0.3 is 6.03 Å². The summed E-state index contributed by atoms with van der Waals surface area (Å²) in [5, 5.41) is 5.76. The summed E-state index contributed by atoms with van der Waals surface area (Å²) in [6.07, 6.45) is 3.35. The molecule has 1 aliphatic carbocycles. The molecule has 1 aromatic carbocycles. The summed E-state index contributed by atoms with van der Waals surface area (Å²) in [4.78, 5) is 40.4. The number of amides is 4. The van der Waals surface area contributed by atoms with Crippen molar-refractivity contribution in [2.45, 2.75) is 43.7 Å². The van der Waals surface area contributed by atoms with E-state index in [1.807, 2.05) is 43.3 Å². The Kier molecular flexibility index (Phi) is 6.42. The smallest absolute Gasteiger partial charge is 0.325 e. The van der Waals surface area contributed by atoms with Crippen molar-refractivity contribution in [3.8, 4) is 5.75 Å². The normalized spacial score (nSPS) is 19.0. The van der Waals surface area contributed by atoms with Crippen molar-refractivity contribution < 1.29 is 19.1 Å². The molecule has 1 atom stereocenters. The summed E-state index contributed by atoms with van der Waals surface area (Å²) >= 11 is 0. The van der Waals surface area contributed by atoms with Crippen LogP contribution in [0.2, 0.25) is 0 Å². The molecule has 1 heterocycles. The van der Waals surface area contributed by atoms with Crippen LogP contribution in [0.1, 0.15) is 43.7 Å². The number of urea groups is 1. The second-order valence-electron chi connectivity index (χ2n) is 7.98. The van der Waals surface area contributed by atoms with Gasteiger partial charge in [-0.15, -0.1) is 0 Å². The summed E-state index contributed by atoms with van der Waals surface area (Å²) in [6.45, 7) is 0.537. The van der Waals surface area contributed by atoms with Crippen LogP contribution in [0.15, 0.2) is 24.3 Å². The van der Waals surface area contributed by atoms with Crippen LogP contribution in [0.25, 0.3) is 0 Å². The van der Waals surface area contributed by atoms with Gasteiger partial charge in [-0.05, 0) is 44.6 Å². The van der Waals surface area contributed by atoms with E-state index in [1.54, 1.807) is 7.11 Å². The van der Waals surface area contributed by atoms with Crippen molar-refractivity contribution >= 4 is 17.8 Å². The number of nitrogens with one attached hydrogen (secondary N) is 2. The molecule has 2 N–H and O–H groups in total. The first-order valence-corrected chi connectivity index (χ1v) is 10.1. The van der Waals surface area contributed by atoms with Crippen LogP contribution in [-0.2, 0) is 9.59 Å². The van der Waals surface area contributed by atoms with Crippen molar-refractivity contribution in [1.82, 2.24) is 20.4 Å². The molecule has 2 aliphatic rings. The predicted octanol–water partition coefficient (Wildman–Crippen LogP) is 1.67. The van der Waals surface area contributed by atoms with Gasteiger partial charge in [0, 0.05) is 19.5 Å². The van der Waals surface area contributed by atoms with Crippen molar-refractivity contribution in [3.63, 3.8) is 0 Å². The fourth-order valence-corrected chi connectivity index (χ4v) is 4.13. The van der Waals surface area contributed by atoms with Crippen LogP contribution in [0, 0.1) is 0 Å². The van der Waals surface area contributed by atoms with Crippen molar-refractivity contribution in [2.24, 2.45) is 0 Å². The minimum Gasteiger partial charge on any atom is -0.497 e. The minimum atomic E-state index is -0.724. The van der Waals surface area contributed by atoms with E-state index in [4.69, 9.17) is 4.74 Å². The van der Waals surface area contributed by atoms with Crippen molar-refractivity contribution in [1.29, 1.82) is 0 Å². The first-order valence-electron chi connectivity index (χ1n) is 10.1. The molecule has 158 valence electrons. The van der Waals surface area contributed by atoms with Crippen LogP contribution in [0.3, 0.4) is 0 Å². The molecular weight excluding hydrogens is 372 g/mol. The number of nitrogens with zero attached hydrogens (tertiary/aromatic N) is 2. The molecule has 29 heavy (non-hydrogen) atoms. The third kappa shape index (κ3) is 4.53. The molecule has 1 saturated heterocycles. The quantitative estimate of drug-likeness (QED) is 0.646. The Balaban J connectivity index is 1.52. The third-order valence-corrected chi connectivity index (χ3v) is 5.88. The number of hydrogen-bond acceptors (Lipinski definition) is 5. The lowest BCUT2D eigenvalue weighted by atomic mass is 9.98. The maximum absolute atomic E-state index is 12.6. The molecule has 1 saturated carbocycles. The van der Waals surface area contributed by atoms with Gasteiger partial charge < -0.3 is 20.3 Å². The molecule has 8 nitrogen and oxygen atoms in total. The van der Waals surface area contributed by atoms with Gasteiger partial charge in [0.2, 0.25) is 5.91 Å². The van der Waals surface area contributed by atoms with Crippen LogP contribution in [0.5, 0.6) is 5.75 Å². The lowest BCUT2D eigenvalue weighted by Gasteiger charge is -2.25. The van der Waals surface area contributed by atoms with Gasteiger partial charge in [0.1, 0.15) is 11.3 Å². The Morgan fingerprint density at radius 1 is 1.24 bits per heavy atom. The van der Waals surface area contributed by atoms with E-state index >= 15 is 0 Å². The van der Waals surface area contributed by atoms with Crippen LogP contribution >= 0.6 is 0 Å². The first-order chi connectivity index (χ1) is 13.9. The minimum absolute atomic E-state index is 0.00308. The molecule has 1 unspecified atom stereocenters. The van der Waals surface area contributed by atoms with E-state index in [0.29, 0.717) is 19.4 Å². The van der Waals surface area contributed by atoms with Crippen LogP contribution in [0.4, 0.5) is 4.79 Å². The second-order valence-corrected chi connectivity index (χ2v) is 7.98.